The van der Waals surface area contributed by atoms with E-state index in [0.29, 0.717) is 50.2 Å². The van der Waals surface area contributed by atoms with Crippen molar-refractivity contribution >= 4 is 11.8 Å². The molecule has 0 radical (unpaired) electrons. The Hall–Kier alpha value is -2.18. The smallest absolute Gasteiger partial charge is 0.274 e. The van der Waals surface area contributed by atoms with Gasteiger partial charge < -0.3 is 15.0 Å². The van der Waals surface area contributed by atoms with Crippen molar-refractivity contribution in [3.8, 4) is 5.88 Å². The van der Waals surface area contributed by atoms with Gasteiger partial charge in [0.1, 0.15) is 5.69 Å². The topological polar surface area (TPSA) is 84.4 Å². The number of hydrogen-bond acceptors (Lipinski definition) is 5. The molecule has 7 heteroatoms. The number of rotatable bonds is 7. The maximum absolute atomic E-state index is 12.6. The zero-order chi connectivity index (χ0) is 17.4. The summed E-state index contributed by atoms with van der Waals surface area (Å²) in [5.74, 6) is 0.678. The molecular weight excluding hydrogens is 308 g/mol. The van der Waals surface area contributed by atoms with E-state index in [1.807, 2.05) is 13.8 Å². The number of amides is 2. The molecule has 1 aromatic rings. The lowest BCUT2D eigenvalue weighted by atomic mass is 9.97. The quantitative estimate of drug-likeness (QED) is 0.819. The van der Waals surface area contributed by atoms with Gasteiger partial charge in [0.2, 0.25) is 11.8 Å². The molecule has 0 bridgehead atoms. The van der Waals surface area contributed by atoms with Crippen molar-refractivity contribution in [1.82, 2.24) is 20.2 Å². The zero-order valence-corrected chi connectivity index (χ0v) is 14.5. The fraction of sp³-hybridized carbons (Fsp3) is 0.647. The molecule has 1 unspecified atom stereocenters. The van der Waals surface area contributed by atoms with E-state index in [4.69, 9.17) is 4.74 Å². The van der Waals surface area contributed by atoms with Crippen LogP contribution in [-0.4, -0.2) is 52.9 Å². The summed E-state index contributed by atoms with van der Waals surface area (Å²) in [4.78, 5) is 34.2. The van der Waals surface area contributed by atoms with E-state index in [1.54, 1.807) is 4.90 Å². The van der Waals surface area contributed by atoms with E-state index in [9.17, 15) is 9.59 Å². The summed E-state index contributed by atoms with van der Waals surface area (Å²) >= 11 is 0. The second-order valence-corrected chi connectivity index (χ2v) is 5.99. The lowest BCUT2D eigenvalue weighted by molar-refractivity contribution is -0.121. The first-order chi connectivity index (χ1) is 11.6. The molecule has 0 aromatic carbocycles. The van der Waals surface area contributed by atoms with Crippen LogP contribution in [0.3, 0.4) is 0 Å². The van der Waals surface area contributed by atoms with Crippen molar-refractivity contribution in [3.05, 3.63) is 18.1 Å². The van der Waals surface area contributed by atoms with Crippen LogP contribution in [0.4, 0.5) is 0 Å². The molecule has 0 aliphatic carbocycles. The fourth-order valence-corrected chi connectivity index (χ4v) is 2.80. The first kappa shape index (κ1) is 18.2. The Morgan fingerprint density at radius 3 is 2.83 bits per heavy atom. The third kappa shape index (κ3) is 5.18. The number of hydrogen-bond donors (Lipinski definition) is 1. The maximum atomic E-state index is 12.6. The van der Waals surface area contributed by atoms with Crippen molar-refractivity contribution < 1.29 is 14.3 Å². The molecule has 1 aliphatic rings. The normalized spacial score (nSPS) is 17.4. The van der Waals surface area contributed by atoms with Crippen LogP contribution in [-0.2, 0) is 4.79 Å². The van der Waals surface area contributed by atoms with Crippen molar-refractivity contribution in [2.24, 2.45) is 5.92 Å². The highest BCUT2D eigenvalue weighted by atomic mass is 16.5. The molecule has 1 atom stereocenters. The monoisotopic (exact) mass is 334 g/mol. The van der Waals surface area contributed by atoms with E-state index >= 15 is 0 Å². The lowest BCUT2D eigenvalue weighted by Crippen LogP contribution is -2.44. The average Bonchev–Trinajstić information content (AvgIpc) is 2.61. The van der Waals surface area contributed by atoms with Gasteiger partial charge >= 0.3 is 0 Å². The summed E-state index contributed by atoms with van der Waals surface area (Å²) in [7, 11) is 0. The molecule has 1 aliphatic heterocycles. The summed E-state index contributed by atoms with van der Waals surface area (Å²) in [5, 5.41) is 2.95. The average molecular weight is 334 g/mol. The van der Waals surface area contributed by atoms with E-state index < -0.39 is 0 Å². The van der Waals surface area contributed by atoms with E-state index in [-0.39, 0.29) is 11.8 Å². The Morgan fingerprint density at radius 2 is 2.17 bits per heavy atom. The van der Waals surface area contributed by atoms with Gasteiger partial charge in [0, 0.05) is 26.1 Å². The van der Waals surface area contributed by atoms with Crippen molar-refractivity contribution in [2.75, 3.05) is 26.2 Å². The molecule has 0 spiro atoms. The number of likely N-dealkylation sites (tertiary alicyclic amines) is 1. The minimum absolute atomic E-state index is 0.0818. The molecule has 1 aromatic heterocycles. The minimum atomic E-state index is -0.116. The number of nitrogens with one attached hydrogen (secondary N) is 1. The maximum Gasteiger partial charge on any atom is 0.274 e. The molecule has 2 rings (SSSR count). The van der Waals surface area contributed by atoms with Crippen LogP contribution in [0.25, 0.3) is 0 Å². The van der Waals surface area contributed by atoms with Crippen LogP contribution >= 0.6 is 0 Å². The van der Waals surface area contributed by atoms with Crippen molar-refractivity contribution in [3.63, 3.8) is 0 Å². The van der Waals surface area contributed by atoms with Gasteiger partial charge in [-0.25, -0.2) is 9.97 Å². The Kier molecular flexibility index (Phi) is 6.96. The van der Waals surface area contributed by atoms with Crippen LogP contribution in [0.5, 0.6) is 5.88 Å². The molecule has 132 valence electrons. The highest BCUT2D eigenvalue weighted by molar-refractivity contribution is 5.92. The minimum Gasteiger partial charge on any atom is -0.477 e. The van der Waals surface area contributed by atoms with Crippen molar-refractivity contribution in [2.45, 2.75) is 39.5 Å². The van der Waals surface area contributed by atoms with E-state index in [1.165, 1.54) is 12.4 Å². The summed E-state index contributed by atoms with van der Waals surface area (Å²) in [6.07, 6.45) is 6.29. The van der Waals surface area contributed by atoms with Crippen LogP contribution < -0.4 is 10.1 Å². The number of piperidine rings is 1. The highest BCUT2D eigenvalue weighted by Crippen LogP contribution is 2.18. The molecule has 2 heterocycles. The van der Waals surface area contributed by atoms with Gasteiger partial charge in [-0.2, -0.15) is 0 Å². The van der Waals surface area contributed by atoms with Gasteiger partial charge in [0.05, 0.1) is 19.0 Å². The molecular formula is C17H26N4O3. The molecule has 1 fully saturated rings. The third-order valence-corrected chi connectivity index (χ3v) is 4.01. The van der Waals surface area contributed by atoms with Gasteiger partial charge in [-0.05, 0) is 32.1 Å². The van der Waals surface area contributed by atoms with Gasteiger partial charge in [0.25, 0.3) is 5.91 Å². The van der Waals surface area contributed by atoms with Crippen LogP contribution in [0.2, 0.25) is 0 Å². The predicted molar refractivity (Wildman–Crippen MR) is 89.7 cm³/mol. The van der Waals surface area contributed by atoms with E-state index in [2.05, 4.69) is 15.3 Å². The Balaban J connectivity index is 1.88. The SMILES string of the molecule is CCCC(=O)NCC1CCCN(C(=O)c2cnc(OCC)cn2)C1. The van der Waals surface area contributed by atoms with E-state index in [0.717, 1.165) is 19.3 Å². The Labute approximate surface area is 142 Å². The number of aromatic nitrogens is 2. The van der Waals surface area contributed by atoms with Gasteiger partial charge in [-0.1, -0.05) is 6.92 Å². The number of carbonyl (C=O) groups is 2. The van der Waals surface area contributed by atoms with Crippen molar-refractivity contribution in [1.29, 1.82) is 0 Å². The molecule has 1 N–H and O–H groups in total. The highest BCUT2D eigenvalue weighted by Gasteiger charge is 2.25. The van der Waals surface area contributed by atoms with Crippen LogP contribution in [0, 0.1) is 5.92 Å². The summed E-state index contributed by atoms with van der Waals surface area (Å²) in [6, 6.07) is 0. The van der Waals surface area contributed by atoms with Gasteiger partial charge in [0.15, 0.2) is 0 Å². The molecule has 0 saturated carbocycles. The fourth-order valence-electron chi connectivity index (χ4n) is 2.80. The largest absolute Gasteiger partial charge is 0.477 e. The predicted octanol–water partition coefficient (Wildman–Crippen LogP) is 1.64. The zero-order valence-electron chi connectivity index (χ0n) is 14.5. The molecule has 2 amide bonds. The molecule has 7 nitrogen and oxygen atoms in total. The summed E-state index contributed by atoms with van der Waals surface area (Å²) in [6.45, 7) is 6.34. The summed E-state index contributed by atoms with van der Waals surface area (Å²) in [5.41, 5.74) is 0.328. The second kappa shape index (κ2) is 9.20. The second-order valence-electron chi connectivity index (χ2n) is 5.99. The third-order valence-electron chi connectivity index (χ3n) is 4.01. The van der Waals surface area contributed by atoms with Gasteiger partial charge in [-0.3, -0.25) is 9.59 Å². The number of nitrogens with zero attached hydrogens (tertiary/aromatic N) is 3. The number of ether oxygens (including phenoxy) is 1. The van der Waals surface area contributed by atoms with Crippen LogP contribution in [0.1, 0.15) is 50.0 Å². The molecule has 1 saturated heterocycles. The summed E-state index contributed by atoms with van der Waals surface area (Å²) < 4.78 is 5.24. The standard InChI is InChI=1S/C17H26N4O3/c1-3-6-15(22)19-9-13-7-5-8-21(12-13)17(23)14-10-20-16(11-18-14)24-4-2/h10-11,13H,3-9,12H2,1-2H3,(H,19,22). The Morgan fingerprint density at radius 1 is 1.33 bits per heavy atom. The first-order valence-electron chi connectivity index (χ1n) is 8.64. The first-order valence-corrected chi connectivity index (χ1v) is 8.64. The Bertz CT molecular complexity index is 547. The lowest BCUT2D eigenvalue weighted by Gasteiger charge is -2.32. The number of carbonyl (C=O) groups excluding carboxylic acids is 2. The molecule has 24 heavy (non-hydrogen) atoms. The van der Waals surface area contributed by atoms with Crippen LogP contribution in [0.15, 0.2) is 12.4 Å². The van der Waals surface area contributed by atoms with Gasteiger partial charge in [-0.15, -0.1) is 0 Å².